The molecule has 20 heavy (non-hydrogen) atoms. The van der Waals surface area contributed by atoms with Crippen LogP contribution in [0.2, 0.25) is 0 Å². The maximum atomic E-state index is 5.50. The zero-order valence-corrected chi connectivity index (χ0v) is 13.2. The second kappa shape index (κ2) is 5.76. The number of ether oxygens (including phenoxy) is 1. The average Bonchev–Trinajstić information content (AvgIpc) is 2.83. The molecular weight excluding hydrogens is 338 g/mol. The van der Waals surface area contributed by atoms with Crippen LogP contribution in [0.25, 0.3) is 10.2 Å². The lowest BCUT2D eigenvalue weighted by Gasteiger charge is -2.02. The van der Waals surface area contributed by atoms with Crippen LogP contribution in [0, 0.1) is 0 Å². The Balaban J connectivity index is 1.91. The Hall–Kier alpha value is -1.66. The van der Waals surface area contributed by atoms with Crippen molar-refractivity contribution >= 4 is 48.4 Å². The number of benzene rings is 1. The molecule has 0 unspecified atom stereocenters. The fraction of sp³-hybridized carbons (Fsp3) is 0.143. The van der Waals surface area contributed by atoms with Gasteiger partial charge in [-0.15, -0.1) is 0 Å². The first-order valence-electron chi connectivity index (χ1n) is 6.17. The van der Waals surface area contributed by atoms with Crippen LogP contribution in [0.3, 0.4) is 0 Å². The minimum atomic E-state index is 0.663. The first kappa shape index (κ1) is 13.3. The quantitative estimate of drug-likeness (QED) is 0.747. The number of fused-ring (bicyclic) bond motifs is 1. The number of anilines is 2. The van der Waals surface area contributed by atoms with E-state index in [0.717, 1.165) is 31.4 Å². The molecular formula is C14H12BrN3OS. The Labute approximate surface area is 129 Å². The Morgan fingerprint density at radius 2 is 2.25 bits per heavy atom. The number of nitrogens with one attached hydrogen (secondary N) is 1. The third-order valence-corrected chi connectivity index (χ3v) is 4.23. The van der Waals surface area contributed by atoms with E-state index < -0.39 is 0 Å². The van der Waals surface area contributed by atoms with Crippen LogP contribution in [0.4, 0.5) is 10.9 Å². The highest BCUT2D eigenvalue weighted by Crippen LogP contribution is 2.32. The third kappa shape index (κ3) is 2.76. The molecule has 6 heteroatoms. The Morgan fingerprint density at radius 3 is 3.05 bits per heavy atom. The van der Waals surface area contributed by atoms with Crippen LogP contribution >= 0.6 is 27.3 Å². The molecule has 0 atom stereocenters. The average molecular weight is 350 g/mol. The van der Waals surface area contributed by atoms with Gasteiger partial charge in [-0.2, -0.15) is 0 Å². The maximum absolute atomic E-state index is 5.50. The predicted octanol–water partition coefficient (Wildman–Crippen LogP) is 4.60. The Kier molecular flexibility index (Phi) is 3.84. The summed E-state index contributed by atoms with van der Waals surface area (Å²) in [6.07, 6.45) is 1.74. The molecule has 0 bridgehead atoms. The van der Waals surface area contributed by atoms with Gasteiger partial charge in [0.2, 0.25) is 0 Å². The molecule has 3 rings (SSSR count). The molecule has 2 heterocycles. The van der Waals surface area contributed by atoms with Crippen molar-refractivity contribution in [2.45, 2.75) is 6.92 Å². The summed E-state index contributed by atoms with van der Waals surface area (Å²) in [4.78, 5) is 8.82. The van der Waals surface area contributed by atoms with Crippen molar-refractivity contribution in [3.8, 4) is 5.75 Å². The number of thiazole rings is 1. The largest absolute Gasteiger partial charge is 0.494 e. The summed E-state index contributed by atoms with van der Waals surface area (Å²) in [5.41, 5.74) is 0.952. The van der Waals surface area contributed by atoms with Crippen molar-refractivity contribution in [2.75, 3.05) is 11.9 Å². The molecule has 2 aromatic heterocycles. The van der Waals surface area contributed by atoms with Crippen LogP contribution in [0.5, 0.6) is 5.75 Å². The lowest BCUT2D eigenvalue weighted by Crippen LogP contribution is -1.92. The summed E-state index contributed by atoms with van der Waals surface area (Å²) in [6, 6.07) is 9.73. The number of hydrogen-bond donors (Lipinski definition) is 1. The van der Waals surface area contributed by atoms with Gasteiger partial charge in [0, 0.05) is 6.20 Å². The van der Waals surface area contributed by atoms with Gasteiger partial charge in [0.25, 0.3) is 0 Å². The van der Waals surface area contributed by atoms with Crippen molar-refractivity contribution in [2.24, 2.45) is 0 Å². The van der Waals surface area contributed by atoms with Crippen LogP contribution in [-0.4, -0.2) is 16.6 Å². The highest BCUT2D eigenvalue weighted by atomic mass is 79.9. The molecule has 4 nitrogen and oxygen atoms in total. The molecule has 0 fully saturated rings. The molecule has 0 aliphatic rings. The lowest BCUT2D eigenvalue weighted by atomic mass is 10.3. The fourth-order valence-electron chi connectivity index (χ4n) is 1.79. The maximum Gasteiger partial charge on any atom is 0.189 e. The molecule has 0 spiro atoms. The number of hydrogen-bond acceptors (Lipinski definition) is 5. The van der Waals surface area contributed by atoms with Crippen molar-refractivity contribution in [1.82, 2.24) is 9.97 Å². The zero-order chi connectivity index (χ0) is 13.9. The van der Waals surface area contributed by atoms with Gasteiger partial charge in [0.15, 0.2) is 5.13 Å². The van der Waals surface area contributed by atoms with Gasteiger partial charge in [-0.1, -0.05) is 11.3 Å². The van der Waals surface area contributed by atoms with E-state index in [4.69, 9.17) is 4.74 Å². The molecule has 102 valence electrons. The first-order valence-corrected chi connectivity index (χ1v) is 7.78. The second-order valence-corrected chi connectivity index (χ2v) is 5.93. The zero-order valence-electron chi connectivity index (χ0n) is 10.8. The van der Waals surface area contributed by atoms with Gasteiger partial charge < -0.3 is 10.1 Å². The standard InChI is InChI=1S/C14H12BrN3OS/c1-2-19-9-5-6-11-12(8-9)20-14(17-11)18-13-10(15)4-3-7-16-13/h3-8H,2H2,1H3,(H,16,17,18). The van der Waals surface area contributed by atoms with E-state index in [1.165, 1.54) is 0 Å². The highest BCUT2D eigenvalue weighted by molar-refractivity contribution is 9.10. The summed E-state index contributed by atoms with van der Waals surface area (Å²) in [5.74, 6) is 1.63. The Morgan fingerprint density at radius 1 is 1.35 bits per heavy atom. The predicted molar refractivity (Wildman–Crippen MR) is 86.0 cm³/mol. The summed E-state index contributed by atoms with van der Waals surface area (Å²) in [6.45, 7) is 2.64. The van der Waals surface area contributed by atoms with E-state index in [1.54, 1.807) is 17.5 Å². The van der Waals surface area contributed by atoms with Crippen LogP contribution in [0.1, 0.15) is 6.92 Å². The van der Waals surface area contributed by atoms with E-state index in [-0.39, 0.29) is 0 Å². The third-order valence-electron chi connectivity index (χ3n) is 2.65. The van der Waals surface area contributed by atoms with Gasteiger partial charge in [-0.3, -0.25) is 0 Å². The van der Waals surface area contributed by atoms with Crippen molar-refractivity contribution in [3.63, 3.8) is 0 Å². The number of halogens is 1. The summed E-state index contributed by atoms with van der Waals surface area (Å²) in [5, 5.41) is 4.03. The molecule has 0 saturated carbocycles. The topological polar surface area (TPSA) is 47.0 Å². The smallest absolute Gasteiger partial charge is 0.189 e. The molecule has 0 radical (unpaired) electrons. The second-order valence-electron chi connectivity index (χ2n) is 4.04. The van der Waals surface area contributed by atoms with Gasteiger partial charge >= 0.3 is 0 Å². The lowest BCUT2D eigenvalue weighted by molar-refractivity contribution is 0.341. The minimum Gasteiger partial charge on any atom is -0.494 e. The van der Waals surface area contributed by atoms with Crippen molar-refractivity contribution in [1.29, 1.82) is 0 Å². The minimum absolute atomic E-state index is 0.663. The molecule has 0 aliphatic heterocycles. The SMILES string of the molecule is CCOc1ccc2nc(Nc3ncccc3Br)sc2c1. The normalized spacial score (nSPS) is 10.7. The van der Waals surface area contributed by atoms with Crippen molar-refractivity contribution < 1.29 is 4.74 Å². The molecule has 1 aromatic carbocycles. The van der Waals surface area contributed by atoms with Crippen molar-refractivity contribution in [3.05, 3.63) is 41.0 Å². The number of nitrogens with zero attached hydrogens (tertiary/aromatic N) is 2. The van der Waals surface area contributed by atoms with E-state index in [2.05, 4.69) is 31.2 Å². The summed E-state index contributed by atoms with van der Waals surface area (Å²) in [7, 11) is 0. The molecule has 0 aliphatic carbocycles. The summed E-state index contributed by atoms with van der Waals surface area (Å²) < 4.78 is 7.50. The van der Waals surface area contributed by atoms with Gasteiger partial charge in [-0.05, 0) is 53.2 Å². The Bertz CT molecular complexity index is 744. The monoisotopic (exact) mass is 349 g/mol. The van der Waals surface area contributed by atoms with E-state index in [1.807, 2.05) is 37.3 Å². The molecule has 3 aromatic rings. The highest BCUT2D eigenvalue weighted by Gasteiger charge is 2.07. The number of aromatic nitrogens is 2. The van der Waals surface area contributed by atoms with Gasteiger partial charge in [-0.25, -0.2) is 9.97 Å². The van der Waals surface area contributed by atoms with Crippen LogP contribution < -0.4 is 10.1 Å². The molecule has 1 N–H and O–H groups in total. The van der Waals surface area contributed by atoms with Gasteiger partial charge in [0.05, 0.1) is 21.3 Å². The number of pyridine rings is 1. The van der Waals surface area contributed by atoms with Crippen LogP contribution in [0.15, 0.2) is 41.0 Å². The molecule has 0 saturated heterocycles. The van der Waals surface area contributed by atoms with Gasteiger partial charge in [0.1, 0.15) is 11.6 Å². The molecule has 0 amide bonds. The summed E-state index contributed by atoms with van der Waals surface area (Å²) >= 11 is 5.04. The van der Waals surface area contributed by atoms with E-state index in [9.17, 15) is 0 Å². The van der Waals surface area contributed by atoms with E-state index >= 15 is 0 Å². The van der Waals surface area contributed by atoms with E-state index in [0.29, 0.717) is 6.61 Å². The number of rotatable bonds is 4. The first-order chi connectivity index (χ1) is 9.76. The fourth-order valence-corrected chi connectivity index (χ4v) is 3.04. The van der Waals surface area contributed by atoms with Crippen LogP contribution in [-0.2, 0) is 0 Å².